The molecule has 2 N–H and O–H groups in total. The summed E-state index contributed by atoms with van der Waals surface area (Å²) >= 11 is 0. The molecule has 1 aromatic carbocycles. The zero-order valence-corrected chi connectivity index (χ0v) is 18.7. The van der Waals surface area contributed by atoms with Gasteiger partial charge in [-0.2, -0.15) is 0 Å². The minimum Gasteiger partial charge on any atom is -0.367 e. The van der Waals surface area contributed by atoms with Crippen LogP contribution in [0.2, 0.25) is 0 Å². The van der Waals surface area contributed by atoms with Crippen LogP contribution in [0.3, 0.4) is 0 Å². The first-order valence-corrected chi connectivity index (χ1v) is 12.1. The van der Waals surface area contributed by atoms with Gasteiger partial charge in [0.1, 0.15) is 0 Å². The second-order valence-electron chi connectivity index (χ2n) is 10.6. The highest BCUT2D eigenvalue weighted by Crippen LogP contribution is 2.60. The Morgan fingerprint density at radius 3 is 2.23 bits per heavy atom. The van der Waals surface area contributed by atoms with Crippen LogP contribution in [-0.2, 0) is 9.59 Å². The molecule has 6 rings (SSSR count). The average Bonchev–Trinajstić information content (AvgIpc) is 2.74. The van der Waals surface area contributed by atoms with Crippen LogP contribution >= 0.6 is 0 Å². The van der Waals surface area contributed by atoms with Crippen molar-refractivity contribution in [2.75, 3.05) is 50.0 Å². The van der Waals surface area contributed by atoms with Crippen molar-refractivity contribution in [2.24, 2.45) is 23.2 Å². The second-order valence-corrected chi connectivity index (χ2v) is 10.6. The fourth-order valence-corrected chi connectivity index (χ4v) is 6.98. The second kappa shape index (κ2) is 8.45. The first-order valence-electron chi connectivity index (χ1n) is 12.1. The third kappa shape index (κ3) is 4.32. The van der Waals surface area contributed by atoms with E-state index in [0.29, 0.717) is 13.0 Å². The first-order chi connectivity index (χ1) is 15.0. The molecule has 1 aliphatic heterocycles. The predicted molar refractivity (Wildman–Crippen MR) is 123 cm³/mol. The average molecular weight is 425 g/mol. The van der Waals surface area contributed by atoms with Gasteiger partial charge >= 0.3 is 0 Å². The van der Waals surface area contributed by atoms with Gasteiger partial charge in [0.25, 0.3) is 0 Å². The zero-order valence-electron chi connectivity index (χ0n) is 18.7. The molecule has 0 unspecified atom stereocenters. The van der Waals surface area contributed by atoms with E-state index in [1.807, 2.05) is 18.2 Å². The van der Waals surface area contributed by atoms with Crippen molar-refractivity contribution in [2.45, 2.75) is 44.9 Å². The van der Waals surface area contributed by atoms with Gasteiger partial charge in [0.05, 0.1) is 11.4 Å². The lowest BCUT2D eigenvalue weighted by molar-refractivity contribution is -0.146. The zero-order chi connectivity index (χ0) is 21.4. The highest BCUT2D eigenvalue weighted by Gasteiger charge is 2.54. The molecule has 1 saturated heterocycles. The number of anilines is 2. The largest absolute Gasteiger partial charge is 0.367 e. The number of rotatable bonds is 6. The maximum atomic E-state index is 13.1. The molecule has 31 heavy (non-hydrogen) atoms. The smallest absolute Gasteiger partial charge is 0.226 e. The number of amides is 2. The van der Waals surface area contributed by atoms with E-state index in [1.54, 1.807) is 0 Å². The minimum absolute atomic E-state index is 0.0348. The monoisotopic (exact) mass is 424 g/mol. The Kier molecular flexibility index (Phi) is 5.67. The summed E-state index contributed by atoms with van der Waals surface area (Å²) in [6.07, 6.45) is 7.51. The molecule has 4 aliphatic carbocycles. The summed E-state index contributed by atoms with van der Waals surface area (Å²) in [4.78, 5) is 30.4. The minimum atomic E-state index is -0.140. The van der Waals surface area contributed by atoms with Crippen LogP contribution in [0.15, 0.2) is 24.3 Å². The van der Waals surface area contributed by atoms with Gasteiger partial charge in [-0.15, -0.1) is 0 Å². The van der Waals surface area contributed by atoms with Gasteiger partial charge < -0.3 is 20.4 Å². The summed E-state index contributed by atoms with van der Waals surface area (Å²) in [7, 11) is 2.14. The quantitative estimate of drug-likeness (QED) is 0.737. The van der Waals surface area contributed by atoms with Crippen LogP contribution in [0.5, 0.6) is 0 Å². The van der Waals surface area contributed by atoms with Gasteiger partial charge in [-0.3, -0.25) is 9.59 Å². The molecule has 1 aromatic rings. The molecule has 0 spiro atoms. The molecule has 4 saturated carbocycles. The summed E-state index contributed by atoms with van der Waals surface area (Å²) in [6, 6.07) is 8.04. The standard InChI is InChI=1S/C25H36N4O2/c1-28-8-10-29(11-9-28)22-5-3-2-4-21(22)27-23(30)6-7-26-24(31)25-15-18-12-19(16-25)14-20(13-18)17-25/h2-5,18-20H,6-17H2,1H3,(H,26,31)(H,27,30). The molecule has 1 heterocycles. The molecule has 5 aliphatic rings. The van der Waals surface area contributed by atoms with Gasteiger partial charge in [-0.05, 0) is 75.5 Å². The summed E-state index contributed by atoms with van der Waals surface area (Å²) in [5.74, 6) is 2.44. The van der Waals surface area contributed by atoms with Gasteiger partial charge in [0.15, 0.2) is 0 Å². The molecule has 5 fully saturated rings. The van der Waals surface area contributed by atoms with Crippen LogP contribution < -0.4 is 15.5 Å². The topological polar surface area (TPSA) is 64.7 Å². The molecule has 2 amide bonds. The Labute approximate surface area is 185 Å². The first kappa shape index (κ1) is 20.8. The van der Waals surface area contributed by atoms with Crippen LogP contribution in [0.4, 0.5) is 11.4 Å². The highest BCUT2D eigenvalue weighted by molar-refractivity contribution is 5.94. The van der Waals surface area contributed by atoms with Crippen LogP contribution in [0, 0.1) is 23.2 Å². The van der Waals surface area contributed by atoms with Crippen LogP contribution in [0.1, 0.15) is 44.9 Å². The maximum Gasteiger partial charge on any atom is 0.226 e. The predicted octanol–water partition coefficient (Wildman–Crippen LogP) is 3.10. The Morgan fingerprint density at radius 2 is 1.58 bits per heavy atom. The van der Waals surface area contributed by atoms with E-state index in [2.05, 4.69) is 33.5 Å². The normalized spacial score (nSPS) is 32.2. The van der Waals surface area contributed by atoms with Gasteiger partial charge in [-0.1, -0.05) is 12.1 Å². The molecule has 4 bridgehead atoms. The molecule has 168 valence electrons. The number of para-hydroxylation sites is 2. The van der Waals surface area contributed by atoms with Crippen molar-refractivity contribution in [3.8, 4) is 0 Å². The third-order valence-electron chi connectivity index (χ3n) is 8.18. The van der Waals surface area contributed by atoms with E-state index >= 15 is 0 Å². The molecular weight excluding hydrogens is 388 g/mol. The summed E-state index contributed by atoms with van der Waals surface area (Å²) in [6.45, 7) is 4.40. The van der Waals surface area contributed by atoms with Crippen molar-refractivity contribution in [3.05, 3.63) is 24.3 Å². The van der Waals surface area contributed by atoms with E-state index in [4.69, 9.17) is 0 Å². The molecular formula is C25H36N4O2. The fraction of sp³-hybridized carbons (Fsp3) is 0.680. The van der Waals surface area contributed by atoms with E-state index in [9.17, 15) is 9.59 Å². The number of carbonyl (C=O) groups is 2. The van der Waals surface area contributed by atoms with E-state index in [-0.39, 0.29) is 17.2 Å². The van der Waals surface area contributed by atoms with Crippen molar-refractivity contribution in [3.63, 3.8) is 0 Å². The molecule has 6 heteroatoms. The lowest BCUT2D eigenvalue weighted by atomic mass is 9.49. The van der Waals surface area contributed by atoms with Crippen molar-refractivity contribution >= 4 is 23.2 Å². The van der Waals surface area contributed by atoms with Gasteiger partial charge in [-0.25, -0.2) is 0 Å². The third-order valence-corrected chi connectivity index (χ3v) is 8.18. The van der Waals surface area contributed by atoms with Gasteiger partial charge in [0, 0.05) is 44.6 Å². The van der Waals surface area contributed by atoms with Crippen molar-refractivity contribution in [1.82, 2.24) is 10.2 Å². The summed E-state index contributed by atoms with van der Waals surface area (Å²) in [5, 5.41) is 6.21. The Hall–Kier alpha value is -2.08. The lowest BCUT2D eigenvalue weighted by Crippen LogP contribution is -2.53. The van der Waals surface area contributed by atoms with E-state index in [0.717, 1.165) is 74.6 Å². The number of benzene rings is 1. The Balaban J connectivity index is 1.13. The van der Waals surface area contributed by atoms with Gasteiger partial charge in [0.2, 0.25) is 11.8 Å². The number of carbonyl (C=O) groups excluding carboxylic acids is 2. The molecule has 0 radical (unpaired) electrons. The SMILES string of the molecule is CN1CCN(c2ccccc2NC(=O)CCNC(=O)C23CC4CC(CC(C4)C2)C3)CC1. The Morgan fingerprint density at radius 1 is 0.968 bits per heavy atom. The van der Waals surface area contributed by atoms with Crippen molar-refractivity contribution in [1.29, 1.82) is 0 Å². The number of piperazine rings is 1. The maximum absolute atomic E-state index is 13.1. The van der Waals surface area contributed by atoms with Crippen LogP contribution in [-0.4, -0.2) is 56.5 Å². The fourth-order valence-electron chi connectivity index (χ4n) is 6.98. The summed E-state index contributed by atoms with van der Waals surface area (Å²) in [5.41, 5.74) is 1.81. The van der Waals surface area contributed by atoms with Crippen LogP contribution in [0.25, 0.3) is 0 Å². The number of hydrogen-bond acceptors (Lipinski definition) is 4. The summed E-state index contributed by atoms with van der Waals surface area (Å²) < 4.78 is 0. The molecule has 0 atom stereocenters. The number of hydrogen-bond donors (Lipinski definition) is 2. The highest BCUT2D eigenvalue weighted by atomic mass is 16.2. The number of nitrogens with one attached hydrogen (secondary N) is 2. The lowest BCUT2D eigenvalue weighted by Gasteiger charge is -2.55. The van der Waals surface area contributed by atoms with E-state index < -0.39 is 0 Å². The van der Waals surface area contributed by atoms with E-state index in [1.165, 1.54) is 19.3 Å². The number of nitrogens with zero attached hydrogens (tertiary/aromatic N) is 2. The van der Waals surface area contributed by atoms with Crippen molar-refractivity contribution < 1.29 is 9.59 Å². The molecule has 6 nitrogen and oxygen atoms in total. The number of likely N-dealkylation sites (N-methyl/N-ethyl adjacent to an activating group) is 1. The Bertz CT molecular complexity index is 795. The molecule has 0 aromatic heterocycles.